The molecule has 0 aliphatic carbocycles. The van der Waals surface area contributed by atoms with Gasteiger partial charge in [0.2, 0.25) is 0 Å². The molecule has 2 amide bonds. The summed E-state index contributed by atoms with van der Waals surface area (Å²) in [5, 5.41) is 11.8. The van der Waals surface area contributed by atoms with E-state index < -0.39 is 0 Å². The first-order valence-corrected chi connectivity index (χ1v) is 12.8. The van der Waals surface area contributed by atoms with Crippen LogP contribution in [0.4, 0.5) is 16.3 Å². The van der Waals surface area contributed by atoms with Crippen molar-refractivity contribution in [3.8, 4) is 11.3 Å². The van der Waals surface area contributed by atoms with Crippen LogP contribution in [0.5, 0.6) is 0 Å². The average Bonchev–Trinajstić information content (AvgIpc) is 3.24. The number of carbonyl (C=O) groups excluding carboxylic acids is 1. The largest absolute Gasteiger partial charge is 0.370 e. The Labute approximate surface area is 218 Å². The lowest BCUT2D eigenvalue weighted by Crippen LogP contribution is -2.44. The highest BCUT2D eigenvalue weighted by Crippen LogP contribution is 2.28. The topological polar surface area (TPSA) is 74.6 Å². The maximum Gasteiger partial charge on any atom is 0.321 e. The number of amides is 2. The van der Waals surface area contributed by atoms with Crippen molar-refractivity contribution in [2.75, 3.05) is 30.3 Å². The summed E-state index contributed by atoms with van der Waals surface area (Å²) in [5.74, 6) is 1.18. The number of nitrogens with one attached hydrogen (secondary N) is 2. The van der Waals surface area contributed by atoms with Crippen molar-refractivity contribution < 1.29 is 4.79 Å². The van der Waals surface area contributed by atoms with Crippen LogP contribution in [0.25, 0.3) is 16.9 Å². The van der Waals surface area contributed by atoms with E-state index in [4.69, 9.17) is 16.6 Å². The molecule has 1 unspecified atom stereocenters. The van der Waals surface area contributed by atoms with E-state index in [0.29, 0.717) is 17.5 Å². The number of carbonyl (C=O) groups is 1. The molecule has 178 valence electrons. The van der Waals surface area contributed by atoms with E-state index in [9.17, 15) is 4.79 Å². The standard InChI is InChI=1S/C25H25BBrClN6O/c26-20-14-30-34-23(12-22(32-24(20)34)19-8-1-2-9-21(19)28)29-13-16-5-4-10-33(15-16)25(35)31-18-7-3-6-17(27)11-18/h1-3,6-9,11-12,14,16,29H,4-5,10,13,15,26H2,(H,31,35). The molecule has 0 radical (unpaired) electrons. The Morgan fingerprint density at radius 3 is 2.89 bits per heavy atom. The number of halogens is 2. The van der Waals surface area contributed by atoms with Gasteiger partial charge in [-0.05, 0) is 48.5 Å². The molecular weight excluding hydrogens is 526 g/mol. The van der Waals surface area contributed by atoms with Crippen LogP contribution in [0.15, 0.2) is 65.3 Å². The molecule has 1 saturated heterocycles. The zero-order valence-electron chi connectivity index (χ0n) is 19.3. The molecule has 7 nitrogen and oxygen atoms in total. The minimum Gasteiger partial charge on any atom is -0.370 e. The van der Waals surface area contributed by atoms with Gasteiger partial charge in [-0.2, -0.15) is 9.61 Å². The number of rotatable bonds is 5. The fraction of sp³-hybridized carbons (Fsp3) is 0.240. The molecule has 35 heavy (non-hydrogen) atoms. The van der Waals surface area contributed by atoms with Crippen molar-refractivity contribution in [1.29, 1.82) is 0 Å². The number of aromatic nitrogens is 3. The predicted octanol–water partition coefficient (Wildman–Crippen LogP) is 4.43. The lowest BCUT2D eigenvalue weighted by atomic mass is 9.98. The number of benzene rings is 2. The highest BCUT2D eigenvalue weighted by Gasteiger charge is 2.24. The Bertz CT molecular complexity index is 1380. The quantitative estimate of drug-likeness (QED) is 0.360. The molecule has 1 aliphatic heterocycles. The normalized spacial score (nSPS) is 15.8. The van der Waals surface area contributed by atoms with Gasteiger partial charge in [0.15, 0.2) is 5.65 Å². The summed E-state index contributed by atoms with van der Waals surface area (Å²) in [6.07, 6.45) is 3.84. The van der Waals surface area contributed by atoms with Crippen LogP contribution >= 0.6 is 27.5 Å². The molecule has 0 bridgehead atoms. The zero-order chi connectivity index (χ0) is 24.4. The van der Waals surface area contributed by atoms with Gasteiger partial charge < -0.3 is 15.5 Å². The van der Waals surface area contributed by atoms with Crippen molar-refractivity contribution in [2.45, 2.75) is 12.8 Å². The maximum atomic E-state index is 12.9. The minimum atomic E-state index is -0.0668. The van der Waals surface area contributed by atoms with E-state index in [0.717, 1.165) is 64.3 Å². The number of likely N-dealkylation sites (tertiary alicyclic amines) is 1. The van der Waals surface area contributed by atoms with E-state index in [2.05, 4.69) is 31.7 Å². The van der Waals surface area contributed by atoms with Gasteiger partial charge in [0.25, 0.3) is 0 Å². The number of hydrogen-bond acceptors (Lipinski definition) is 4. The van der Waals surface area contributed by atoms with Gasteiger partial charge in [-0.25, -0.2) is 9.78 Å². The van der Waals surface area contributed by atoms with Crippen molar-refractivity contribution in [3.05, 3.63) is 70.3 Å². The molecule has 2 aromatic heterocycles. The Morgan fingerprint density at radius 2 is 2.06 bits per heavy atom. The minimum absolute atomic E-state index is 0.0668. The maximum absolute atomic E-state index is 12.9. The number of fused-ring (bicyclic) bond motifs is 1. The summed E-state index contributed by atoms with van der Waals surface area (Å²) < 4.78 is 2.76. The molecule has 4 aromatic rings. The van der Waals surface area contributed by atoms with Crippen LogP contribution in [0, 0.1) is 5.92 Å². The highest BCUT2D eigenvalue weighted by atomic mass is 79.9. The molecule has 0 spiro atoms. The van der Waals surface area contributed by atoms with E-state index in [1.165, 1.54) is 0 Å². The van der Waals surface area contributed by atoms with Gasteiger partial charge in [-0.1, -0.05) is 51.8 Å². The Hall–Kier alpha value is -3.04. The molecule has 5 rings (SSSR count). The van der Waals surface area contributed by atoms with Gasteiger partial charge in [0.1, 0.15) is 13.7 Å². The number of urea groups is 1. The summed E-state index contributed by atoms with van der Waals surface area (Å²) in [6.45, 7) is 2.17. The van der Waals surface area contributed by atoms with E-state index in [1.807, 2.05) is 78.1 Å². The smallest absolute Gasteiger partial charge is 0.321 e. The first-order chi connectivity index (χ1) is 17.0. The summed E-state index contributed by atoms with van der Waals surface area (Å²) in [6, 6.07) is 17.3. The average molecular weight is 552 g/mol. The van der Waals surface area contributed by atoms with Crippen LogP contribution in [0.2, 0.25) is 5.02 Å². The number of anilines is 2. The summed E-state index contributed by atoms with van der Waals surface area (Å²) in [4.78, 5) is 19.6. The third-order valence-corrected chi connectivity index (χ3v) is 7.07. The van der Waals surface area contributed by atoms with Crippen LogP contribution in [-0.2, 0) is 0 Å². The van der Waals surface area contributed by atoms with Crippen molar-refractivity contribution in [2.24, 2.45) is 5.92 Å². The van der Waals surface area contributed by atoms with E-state index >= 15 is 0 Å². The third kappa shape index (κ3) is 5.31. The van der Waals surface area contributed by atoms with Gasteiger partial charge in [0, 0.05) is 52.6 Å². The first kappa shape index (κ1) is 23.7. The molecule has 1 aliphatic rings. The SMILES string of the molecule is Bc1cnn2c(NCC3CCCN(C(=O)Nc4cccc(Br)c4)C3)cc(-c3ccccc3Cl)nc12. The molecular formula is C25H25BBrClN6O. The molecule has 2 N–H and O–H groups in total. The lowest BCUT2D eigenvalue weighted by molar-refractivity contribution is 0.180. The van der Waals surface area contributed by atoms with Crippen LogP contribution in [-0.4, -0.2) is 53.0 Å². The molecule has 2 aromatic carbocycles. The van der Waals surface area contributed by atoms with Gasteiger partial charge in [0.05, 0.1) is 5.69 Å². The van der Waals surface area contributed by atoms with Crippen LogP contribution in [0.1, 0.15) is 12.8 Å². The van der Waals surface area contributed by atoms with Gasteiger partial charge in [-0.15, -0.1) is 0 Å². The van der Waals surface area contributed by atoms with Crippen LogP contribution < -0.4 is 16.1 Å². The van der Waals surface area contributed by atoms with Crippen molar-refractivity contribution >= 4 is 64.0 Å². The molecule has 3 heterocycles. The van der Waals surface area contributed by atoms with Crippen molar-refractivity contribution in [1.82, 2.24) is 19.5 Å². The van der Waals surface area contributed by atoms with Crippen LogP contribution in [0.3, 0.4) is 0 Å². The molecule has 0 saturated carbocycles. The zero-order valence-corrected chi connectivity index (χ0v) is 21.7. The summed E-state index contributed by atoms with van der Waals surface area (Å²) >= 11 is 9.91. The molecule has 10 heteroatoms. The highest BCUT2D eigenvalue weighted by molar-refractivity contribution is 9.10. The fourth-order valence-corrected chi connectivity index (χ4v) is 5.07. The number of piperidine rings is 1. The summed E-state index contributed by atoms with van der Waals surface area (Å²) in [5.41, 5.74) is 4.25. The van der Waals surface area contributed by atoms with Gasteiger partial charge in [-0.3, -0.25) is 0 Å². The van der Waals surface area contributed by atoms with Gasteiger partial charge >= 0.3 is 6.03 Å². The van der Waals surface area contributed by atoms with E-state index in [-0.39, 0.29) is 6.03 Å². The first-order valence-electron chi connectivity index (χ1n) is 11.6. The van der Waals surface area contributed by atoms with Crippen molar-refractivity contribution in [3.63, 3.8) is 0 Å². The summed E-state index contributed by atoms with van der Waals surface area (Å²) in [7, 11) is 2.00. The monoisotopic (exact) mass is 550 g/mol. The predicted molar refractivity (Wildman–Crippen MR) is 148 cm³/mol. The Balaban J connectivity index is 1.31. The second-order valence-corrected chi connectivity index (χ2v) is 10.2. The second-order valence-electron chi connectivity index (χ2n) is 8.85. The Morgan fingerprint density at radius 1 is 1.20 bits per heavy atom. The second kappa shape index (κ2) is 10.3. The number of nitrogens with zero attached hydrogens (tertiary/aromatic N) is 4. The molecule has 1 atom stereocenters. The van der Waals surface area contributed by atoms with E-state index in [1.54, 1.807) is 0 Å². The molecule has 1 fully saturated rings. The fourth-order valence-electron chi connectivity index (χ4n) is 4.44. The lowest BCUT2D eigenvalue weighted by Gasteiger charge is -2.33. The number of hydrogen-bond donors (Lipinski definition) is 2. The Kier molecular flexibility index (Phi) is 6.97. The third-order valence-electron chi connectivity index (χ3n) is 6.25.